The average Bonchev–Trinajstić information content (AvgIpc) is 2.38. The summed E-state index contributed by atoms with van der Waals surface area (Å²) in [7, 11) is -3.29. The molecule has 20 heavy (non-hydrogen) atoms. The van der Waals surface area contributed by atoms with Crippen molar-refractivity contribution in [2.75, 3.05) is 26.2 Å². The summed E-state index contributed by atoms with van der Waals surface area (Å²) >= 11 is 0. The number of nitrogens with one attached hydrogen (secondary N) is 2. The predicted molar refractivity (Wildman–Crippen MR) is 84.4 cm³/mol. The summed E-state index contributed by atoms with van der Waals surface area (Å²) in [5.41, 5.74) is 0.155. The molecular weight excluding hydrogens is 298 g/mol. The summed E-state index contributed by atoms with van der Waals surface area (Å²) in [6.45, 7) is 7.22. The topological polar surface area (TPSA) is 61.4 Å². The summed E-state index contributed by atoms with van der Waals surface area (Å²) in [6.07, 6.45) is 5.42. The van der Waals surface area contributed by atoms with Gasteiger partial charge in [-0.3, -0.25) is 0 Å². The minimum Gasteiger partial charge on any atom is -0.312 e. The highest BCUT2D eigenvalue weighted by molar-refractivity contribution is 7.87. The van der Waals surface area contributed by atoms with Gasteiger partial charge in [0.05, 0.1) is 0 Å². The molecule has 120 valence electrons. The zero-order chi connectivity index (χ0) is 13.9. The molecule has 0 bridgehead atoms. The van der Waals surface area contributed by atoms with Crippen LogP contribution < -0.4 is 10.0 Å². The Kier molecular flexibility index (Phi) is 6.73. The molecule has 0 aromatic rings. The molecular formula is C13H28ClN3O2S. The average molecular weight is 326 g/mol. The smallest absolute Gasteiger partial charge is 0.279 e. The Hall–Kier alpha value is 0.120. The van der Waals surface area contributed by atoms with E-state index in [1.807, 2.05) is 0 Å². The van der Waals surface area contributed by atoms with E-state index < -0.39 is 10.2 Å². The van der Waals surface area contributed by atoms with Crippen LogP contribution in [0.25, 0.3) is 0 Å². The van der Waals surface area contributed by atoms with Crippen LogP contribution in [-0.4, -0.2) is 44.9 Å². The van der Waals surface area contributed by atoms with Gasteiger partial charge >= 0.3 is 0 Å². The highest BCUT2D eigenvalue weighted by atomic mass is 35.5. The summed E-state index contributed by atoms with van der Waals surface area (Å²) in [5.74, 6) is 0. The van der Waals surface area contributed by atoms with Crippen LogP contribution in [0.5, 0.6) is 0 Å². The molecule has 1 atom stereocenters. The zero-order valence-electron chi connectivity index (χ0n) is 12.5. The predicted octanol–water partition coefficient (Wildman–Crippen LogP) is 1.51. The van der Waals surface area contributed by atoms with Crippen LogP contribution in [-0.2, 0) is 10.2 Å². The molecule has 2 N–H and O–H groups in total. The van der Waals surface area contributed by atoms with Gasteiger partial charge in [0.1, 0.15) is 0 Å². The first-order valence-electron chi connectivity index (χ1n) is 7.40. The van der Waals surface area contributed by atoms with Crippen molar-refractivity contribution in [1.82, 2.24) is 14.3 Å². The second kappa shape index (κ2) is 7.40. The Morgan fingerprint density at radius 2 is 1.85 bits per heavy atom. The number of halogens is 1. The minimum atomic E-state index is -3.29. The largest absolute Gasteiger partial charge is 0.312 e. The Balaban J connectivity index is 0.00000200. The first kappa shape index (κ1) is 18.2. The maximum absolute atomic E-state index is 12.2. The lowest BCUT2D eigenvalue weighted by molar-refractivity contribution is 0.181. The van der Waals surface area contributed by atoms with Crippen LogP contribution in [0.4, 0.5) is 0 Å². The normalized spacial score (nSPS) is 27.8. The molecule has 0 aromatic carbocycles. The Morgan fingerprint density at radius 1 is 1.20 bits per heavy atom. The number of piperidine rings is 2. The van der Waals surface area contributed by atoms with Gasteiger partial charge in [-0.2, -0.15) is 12.7 Å². The van der Waals surface area contributed by atoms with Gasteiger partial charge < -0.3 is 5.32 Å². The lowest BCUT2D eigenvalue weighted by Crippen LogP contribution is -2.54. The van der Waals surface area contributed by atoms with Crippen LogP contribution in [0.1, 0.15) is 46.0 Å². The van der Waals surface area contributed by atoms with Gasteiger partial charge in [0, 0.05) is 25.7 Å². The number of rotatable bonds is 4. The molecule has 0 saturated carbocycles. The molecule has 5 nitrogen and oxygen atoms in total. The maximum atomic E-state index is 12.2. The maximum Gasteiger partial charge on any atom is 0.279 e. The summed E-state index contributed by atoms with van der Waals surface area (Å²) in [4.78, 5) is 0. The minimum absolute atomic E-state index is 0. The summed E-state index contributed by atoms with van der Waals surface area (Å²) < 4.78 is 28.8. The van der Waals surface area contributed by atoms with Gasteiger partial charge in [-0.25, -0.2) is 4.72 Å². The lowest BCUT2D eigenvalue weighted by Gasteiger charge is -2.40. The highest BCUT2D eigenvalue weighted by Gasteiger charge is 2.33. The van der Waals surface area contributed by atoms with Crippen molar-refractivity contribution in [1.29, 1.82) is 0 Å². The second-order valence-electron chi connectivity index (χ2n) is 6.41. The van der Waals surface area contributed by atoms with Crippen molar-refractivity contribution in [3.63, 3.8) is 0 Å². The Bertz CT molecular complexity index is 394. The van der Waals surface area contributed by atoms with Crippen molar-refractivity contribution in [3.8, 4) is 0 Å². The van der Waals surface area contributed by atoms with Crippen molar-refractivity contribution >= 4 is 22.6 Å². The molecule has 2 heterocycles. The van der Waals surface area contributed by atoms with Gasteiger partial charge in [0.2, 0.25) is 0 Å². The van der Waals surface area contributed by atoms with Gasteiger partial charge in [-0.15, -0.1) is 12.4 Å². The van der Waals surface area contributed by atoms with E-state index in [0.29, 0.717) is 19.6 Å². The van der Waals surface area contributed by atoms with E-state index >= 15 is 0 Å². The molecule has 2 aliphatic rings. The third-order valence-electron chi connectivity index (χ3n) is 4.46. The molecule has 2 rings (SSSR count). The van der Waals surface area contributed by atoms with Gasteiger partial charge in [0.25, 0.3) is 10.2 Å². The van der Waals surface area contributed by atoms with Crippen LogP contribution in [0.3, 0.4) is 0 Å². The van der Waals surface area contributed by atoms with Gasteiger partial charge in [0.15, 0.2) is 0 Å². The van der Waals surface area contributed by atoms with E-state index in [0.717, 1.165) is 32.2 Å². The third-order valence-corrected chi connectivity index (χ3v) is 6.03. The van der Waals surface area contributed by atoms with E-state index in [1.165, 1.54) is 6.42 Å². The molecule has 2 saturated heterocycles. The molecule has 0 aliphatic carbocycles. The van der Waals surface area contributed by atoms with E-state index in [-0.39, 0.29) is 23.9 Å². The molecule has 1 unspecified atom stereocenters. The van der Waals surface area contributed by atoms with E-state index in [9.17, 15) is 8.42 Å². The molecule has 0 aromatic heterocycles. The van der Waals surface area contributed by atoms with Crippen molar-refractivity contribution in [2.45, 2.75) is 52.0 Å². The molecule has 0 amide bonds. The first-order chi connectivity index (χ1) is 8.92. The second-order valence-corrected chi connectivity index (χ2v) is 8.17. The van der Waals surface area contributed by atoms with Crippen LogP contribution in [0, 0.1) is 5.41 Å². The van der Waals surface area contributed by atoms with Gasteiger partial charge in [-0.05, 0) is 37.6 Å². The SMILES string of the molecule is CC1(C)CCCNC1CNS(=O)(=O)N1CCCCC1.Cl. The lowest BCUT2D eigenvalue weighted by atomic mass is 9.78. The number of nitrogens with zero attached hydrogens (tertiary/aromatic N) is 1. The van der Waals surface area contributed by atoms with Gasteiger partial charge in [-0.1, -0.05) is 20.3 Å². The first-order valence-corrected chi connectivity index (χ1v) is 8.84. The van der Waals surface area contributed by atoms with Crippen molar-refractivity contribution < 1.29 is 8.42 Å². The van der Waals surface area contributed by atoms with Crippen molar-refractivity contribution in [3.05, 3.63) is 0 Å². The summed E-state index contributed by atoms with van der Waals surface area (Å²) in [5, 5.41) is 3.44. The monoisotopic (exact) mass is 325 g/mol. The van der Waals surface area contributed by atoms with Crippen LogP contribution >= 0.6 is 12.4 Å². The fourth-order valence-electron chi connectivity index (χ4n) is 3.00. The Labute approximate surface area is 129 Å². The van der Waals surface area contributed by atoms with Crippen molar-refractivity contribution in [2.24, 2.45) is 5.41 Å². The Morgan fingerprint density at radius 3 is 2.45 bits per heavy atom. The fourth-order valence-corrected chi connectivity index (χ4v) is 4.30. The molecule has 2 aliphatic heterocycles. The molecule has 0 radical (unpaired) electrons. The standard InChI is InChI=1S/C13H27N3O2S.ClH/c1-13(2)7-6-8-14-12(13)11-15-19(17,18)16-9-4-3-5-10-16;/h12,14-15H,3-11H2,1-2H3;1H. The summed E-state index contributed by atoms with van der Waals surface area (Å²) in [6, 6.07) is 0.223. The fraction of sp³-hybridized carbons (Fsp3) is 1.00. The van der Waals surface area contributed by atoms with E-state index in [2.05, 4.69) is 23.9 Å². The molecule has 7 heteroatoms. The number of hydrogen-bond donors (Lipinski definition) is 2. The van der Waals surface area contributed by atoms with Crippen LogP contribution in [0.15, 0.2) is 0 Å². The zero-order valence-corrected chi connectivity index (χ0v) is 14.2. The number of hydrogen-bond acceptors (Lipinski definition) is 3. The molecule has 0 spiro atoms. The molecule has 2 fully saturated rings. The third kappa shape index (κ3) is 4.56. The van der Waals surface area contributed by atoms with E-state index in [1.54, 1.807) is 4.31 Å². The highest BCUT2D eigenvalue weighted by Crippen LogP contribution is 2.29. The van der Waals surface area contributed by atoms with Crippen LogP contribution in [0.2, 0.25) is 0 Å². The quantitative estimate of drug-likeness (QED) is 0.823. The van der Waals surface area contributed by atoms with E-state index in [4.69, 9.17) is 0 Å².